The third-order valence-electron chi connectivity index (χ3n) is 2.34. The van der Waals surface area contributed by atoms with Crippen LogP contribution < -0.4 is 0 Å². The van der Waals surface area contributed by atoms with Gasteiger partial charge in [0.25, 0.3) is 0 Å². The molecule has 0 saturated heterocycles. The largest absolute Gasteiger partial charge is 0.374 e. The number of benzene rings is 1. The van der Waals surface area contributed by atoms with Crippen molar-refractivity contribution >= 4 is 0 Å². The molecule has 0 aliphatic carbocycles. The third-order valence-corrected chi connectivity index (χ3v) is 2.34. The molecule has 0 fully saturated rings. The maximum absolute atomic E-state index is 5.45. The van der Waals surface area contributed by atoms with Crippen molar-refractivity contribution in [3.63, 3.8) is 0 Å². The van der Waals surface area contributed by atoms with Crippen LogP contribution in [0.3, 0.4) is 0 Å². The van der Waals surface area contributed by atoms with Crippen molar-refractivity contribution in [1.82, 2.24) is 0 Å². The Morgan fingerprint density at radius 2 is 1.92 bits per heavy atom. The monoisotopic (exact) mass is 177 g/mol. The van der Waals surface area contributed by atoms with E-state index in [-0.39, 0.29) is 5.60 Å². The highest BCUT2D eigenvalue weighted by molar-refractivity contribution is 5.23. The second-order valence-corrected chi connectivity index (χ2v) is 3.31. The van der Waals surface area contributed by atoms with Gasteiger partial charge in [0.05, 0.1) is 5.60 Å². The van der Waals surface area contributed by atoms with Crippen molar-refractivity contribution in [2.24, 2.45) is 0 Å². The molecule has 1 aromatic carbocycles. The first-order valence-corrected chi connectivity index (χ1v) is 4.69. The maximum atomic E-state index is 5.45. The van der Waals surface area contributed by atoms with Gasteiger partial charge in [-0.15, -0.1) is 0 Å². The normalized spacial score (nSPS) is 15.3. The first kappa shape index (κ1) is 10.3. The van der Waals surface area contributed by atoms with Gasteiger partial charge in [-0.05, 0) is 18.9 Å². The van der Waals surface area contributed by atoms with Crippen molar-refractivity contribution in [1.29, 1.82) is 0 Å². The summed E-state index contributed by atoms with van der Waals surface area (Å²) in [5.41, 5.74) is 0.787. The molecule has 1 rings (SSSR count). The van der Waals surface area contributed by atoms with Gasteiger partial charge < -0.3 is 4.74 Å². The molecule has 1 atom stereocenters. The topological polar surface area (TPSA) is 9.23 Å². The van der Waals surface area contributed by atoms with Crippen LogP contribution in [0.4, 0.5) is 0 Å². The van der Waals surface area contributed by atoms with Gasteiger partial charge in [0, 0.05) is 7.11 Å². The van der Waals surface area contributed by atoms with E-state index in [1.54, 1.807) is 7.11 Å². The van der Waals surface area contributed by atoms with E-state index in [4.69, 9.17) is 4.74 Å². The summed E-state index contributed by atoms with van der Waals surface area (Å²) in [6.07, 6.45) is 2.03. The first-order chi connectivity index (χ1) is 6.23. The van der Waals surface area contributed by atoms with Crippen LogP contribution in [-0.4, -0.2) is 7.11 Å². The summed E-state index contributed by atoms with van der Waals surface area (Å²) in [6.45, 7) is 6.27. The molecular weight excluding hydrogens is 160 g/mol. The van der Waals surface area contributed by atoms with Gasteiger partial charge in [0.1, 0.15) is 0 Å². The predicted octanol–water partition coefficient (Wildman–Crippen LogP) is 3.16. The molecule has 0 heterocycles. The van der Waals surface area contributed by atoms with Crippen molar-refractivity contribution in [3.8, 4) is 0 Å². The fourth-order valence-electron chi connectivity index (χ4n) is 1.51. The zero-order valence-electron chi connectivity index (χ0n) is 8.42. The number of ether oxygens (including phenoxy) is 1. The van der Waals surface area contributed by atoms with Gasteiger partial charge in [-0.2, -0.15) is 0 Å². The van der Waals surface area contributed by atoms with E-state index < -0.39 is 0 Å². The lowest BCUT2D eigenvalue weighted by Gasteiger charge is -2.28. The smallest absolute Gasteiger partial charge is 0.0928 e. The number of hydrogen-bond donors (Lipinski definition) is 0. The van der Waals surface area contributed by atoms with Gasteiger partial charge >= 0.3 is 0 Å². The van der Waals surface area contributed by atoms with Gasteiger partial charge in [0.15, 0.2) is 0 Å². The van der Waals surface area contributed by atoms with Crippen molar-refractivity contribution in [2.75, 3.05) is 7.11 Å². The lowest BCUT2D eigenvalue weighted by atomic mass is 9.91. The molecule has 0 N–H and O–H groups in total. The van der Waals surface area contributed by atoms with E-state index in [1.807, 2.05) is 18.2 Å². The van der Waals surface area contributed by atoms with Crippen molar-refractivity contribution in [2.45, 2.75) is 25.4 Å². The highest BCUT2D eigenvalue weighted by Crippen LogP contribution is 2.28. The van der Waals surface area contributed by atoms with Crippen LogP contribution in [0.25, 0.3) is 0 Å². The predicted molar refractivity (Wildman–Crippen MR) is 55.4 cm³/mol. The zero-order valence-corrected chi connectivity index (χ0v) is 8.42. The van der Waals surface area contributed by atoms with Crippen LogP contribution in [0.2, 0.25) is 0 Å². The molecule has 1 unspecified atom stereocenters. The van der Waals surface area contributed by atoms with Crippen LogP contribution in [0.1, 0.15) is 25.3 Å². The maximum Gasteiger partial charge on any atom is 0.0928 e. The molecule has 1 nitrogen and oxygen atoms in total. The Morgan fingerprint density at radius 3 is 2.38 bits per heavy atom. The summed E-state index contributed by atoms with van der Waals surface area (Å²) < 4.78 is 5.45. The van der Waals surface area contributed by atoms with Gasteiger partial charge in [0.2, 0.25) is 0 Å². The minimum atomic E-state index is -0.365. The average molecular weight is 177 g/mol. The van der Waals surface area contributed by atoms with Crippen LogP contribution >= 0.6 is 0 Å². The van der Waals surface area contributed by atoms with E-state index in [2.05, 4.69) is 26.0 Å². The van der Waals surface area contributed by atoms with Crippen molar-refractivity contribution < 1.29 is 4.74 Å². The quantitative estimate of drug-likeness (QED) is 0.686. The molecule has 0 aliphatic rings. The molecule has 13 heavy (non-hydrogen) atoms. The Labute approximate surface area is 80.7 Å². The summed E-state index contributed by atoms with van der Waals surface area (Å²) in [7, 11) is 1.72. The summed E-state index contributed by atoms with van der Waals surface area (Å²) in [4.78, 5) is 0. The van der Waals surface area contributed by atoms with E-state index >= 15 is 0 Å². The average Bonchev–Trinajstić information content (AvgIpc) is 2.19. The van der Waals surface area contributed by atoms with E-state index in [0.29, 0.717) is 0 Å². The molecule has 0 saturated carbocycles. The highest BCUT2D eigenvalue weighted by atomic mass is 16.5. The third kappa shape index (κ3) is 2.31. The SMILES string of the molecule is [CH2]C(CCC)(OC)c1ccccc1. The number of methoxy groups -OCH3 is 1. The van der Waals surface area contributed by atoms with Gasteiger partial charge in [-0.25, -0.2) is 0 Å². The highest BCUT2D eigenvalue weighted by Gasteiger charge is 2.24. The molecular formula is C12H17O. The summed E-state index contributed by atoms with van der Waals surface area (Å²) in [5.74, 6) is 0. The van der Waals surface area contributed by atoms with Gasteiger partial charge in [-0.3, -0.25) is 0 Å². The number of rotatable bonds is 4. The second kappa shape index (κ2) is 4.43. The van der Waals surface area contributed by atoms with Crippen LogP contribution in [0.15, 0.2) is 30.3 Å². The summed E-state index contributed by atoms with van der Waals surface area (Å²) in [5, 5.41) is 0. The Kier molecular flexibility index (Phi) is 3.49. The van der Waals surface area contributed by atoms with Crippen LogP contribution in [0, 0.1) is 6.92 Å². The van der Waals surface area contributed by atoms with Crippen LogP contribution in [0.5, 0.6) is 0 Å². The molecule has 0 aromatic heterocycles. The molecule has 1 radical (unpaired) electrons. The molecule has 71 valence electrons. The fraction of sp³-hybridized carbons (Fsp3) is 0.417. The molecule has 0 aliphatic heterocycles. The standard InChI is InChI=1S/C12H17O/c1-4-10-12(2,13-3)11-8-6-5-7-9-11/h5-9H,2,4,10H2,1,3H3. The Bertz CT molecular complexity index is 243. The van der Waals surface area contributed by atoms with E-state index in [9.17, 15) is 0 Å². The van der Waals surface area contributed by atoms with E-state index in [1.165, 1.54) is 0 Å². The summed E-state index contributed by atoms with van der Waals surface area (Å²) >= 11 is 0. The molecule has 0 spiro atoms. The minimum Gasteiger partial charge on any atom is -0.374 e. The van der Waals surface area contributed by atoms with Gasteiger partial charge in [-0.1, -0.05) is 43.7 Å². The molecule has 0 amide bonds. The van der Waals surface area contributed by atoms with E-state index in [0.717, 1.165) is 18.4 Å². The van der Waals surface area contributed by atoms with Crippen molar-refractivity contribution in [3.05, 3.63) is 42.8 Å². The van der Waals surface area contributed by atoms with Crippen LogP contribution in [-0.2, 0) is 10.3 Å². The lowest BCUT2D eigenvalue weighted by molar-refractivity contribution is 0.0181. The Morgan fingerprint density at radius 1 is 1.31 bits per heavy atom. The molecule has 1 heteroatoms. The minimum absolute atomic E-state index is 0.365. The Hall–Kier alpha value is -0.820. The fourth-order valence-corrected chi connectivity index (χ4v) is 1.51. The molecule has 0 bridgehead atoms. The Balaban J connectivity index is 2.89. The summed E-state index contributed by atoms with van der Waals surface area (Å²) in [6, 6.07) is 10.2. The first-order valence-electron chi connectivity index (χ1n) is 4.69. The number of hydrogen-bond acceptors (Lipinski definition) is 1. The molecule has 1 aromatic rings. The zero-order chi connectivity index (χ0) is 9.73. The second-order valence-electron chi connectivity index (χ2n) is 3.31. The lowest BCUT2D eigenvalue weighted by Crippen LogP contribution is -2.24.